The van der Waals surface area contributed by atoms with Crippen LogP contribution in [0, 0.1) is 0 Å². The summed E-state index contributed by atoms with van der Waals surface area (Å²) in [6.07, 6.45) is 1.18. The maximum atomic E-state index is 12.6. The van der Waals surface area contributed by atoms with Gasteiger partial charge in [0.2, 0.25) is 0 Å². The lowest BCUT2D eigenvalue weighted by atomic mass is 9.91. The topological polar surface area (TPSA) is 55.8 Å². The molecule has 0 radical (unpaired) electrons. The van der Waals surface area contributed by atoms with Crippen LogP contribution < -0.4 is 0 Å². The Labute approximate surface area is 145 Å². The Kier molecular flexibility index (Phi) is 5.26. The molecule has 23 heavy (non-hydrogen) atoms. The highest BCUT2D eigenvalue weighted by atomic mass is 35.5. The molecule has 0 aliphatic carbocycles. The molecular formula is C16H22ClNO4S. The minimum atomic E-state index is -1.02. The Morgan fingerprint density at radius 3 is 2.61 bits per heavy atom. The zero-order valence-corrected chi connectivity index (χ0v) is 15.4. The molecule has 1 aromatic heterocycles. The third-order valence-corrected chi connectivity index (χ3v) is 4.99. The van der Waals surface area contributed by atoms with Gasteiger partial charge in [0, 0.05) is 17.8 Å². The fourth-order valence-electron chi connectivity index (χ4n) is 2.85. The number of hydrogen-bond acceptors (Lipinski definition) is 5. The second-order valence-electron chi connectivity index (χ2n) is 6.64. The molecule has 0 spiro atoms. The van der Waals surface area contributed by atoms with Crippen molar-refractivity contribution in [2.45, 2.75) is 51.2 Å². The summed E-state index contributed by atoms with van der Waals surface area (Å²) >= 11 is 7.39. The number of ether oxygens (including phenoxy) is 2. The van der Waals surface area contributed by atoms with Gasteiger partial charge in [-0.2, -0.15) is 0 Å². The van der Waals surface area contributed by atoms with E-state index >= 15 is 0 Å². The van der Waals surface area contributed by atoms with Crippen molar-refractivity contribution in [3.63, 3.8) is 0 Å². The average Bonchev–Trinajstić information content (AvgIpc) is 3.03. The molecule has 1 fully saturated rings. The van der Waals surface area contributed by atoms with Crippen molar-refractivity contribution in [1.82, 2.24) is 4.90 Å². The SMILES string of the molecule is COC(=O)C1(Cc2ccc(Cl)s2)CCCN1C(=O)OC(C)(C)C. The lowest BCUT2D eigenvalue weighted by molar-refractivity contribution is -0.153. The van der Waals surface area contributed by atoms with Gasteiger partial charge in [-0.3, -0.25) is 4.90 Å². The van der Waals surface area contributed by atoms with E-state index < -0.39 is 23.2 Å². The first-order chi connectivity index (χ1) is 10.7. The molecule has 2 rings (SSSR count). The van der Waals surface area contributed by atoms with Gasteiger partial charge in [-0.25, -0.2) is 9.59 Å². The summed E-state index contributed by atoms with van der Waals surface area (Å²) in [5.74, 6) is -0.412. The van der Waals surface area contributed by atoms with E-state index in [1.165, 1.54) is 23.3 Å². The van der Waals surface area contributed by atoms with Crippen LogP contribution in [0.1, 0.15) is 38.5 Å². The van der Waals surface area contributed by atoms with E-state index in [1.807, 2.05) is 6.07 Å². The molecule has 1 aliphatic heterocycles. The van der Waals surface area contributed by atoms with Crippen molar-refractivity contribution in [1.29, 1.82) is 0 Å². The van der Waals surface area contributed by atoms with Gasteiger partial charge >= 0.3 is 12.1 Å². The Hall–Kier alpha value is -1.27. The van der Waals surface area contributed by atoms with Crippen LogP contribution in [-0.4, -0.2) is 41.8 Å². The molecule has 1 saturated heterocycles. The Bertz CT molecular complexity index is 595. The number of esters is 1. The quantitative estimate of drug-likeness (QED) is 0.768. The smallest absolute Gasteiger partial charge is 0.411 e. The molecule has 1 aromatic rings. The molecule has 5 nitrogen and oxygen atoms in total. The van der Waals surface area contributed by atoms with E-state index in [0.29, 0.717) is 23.7 Å². The summed E-state index contributed by atoms with van der Waals surface area (Å²) in [4.78, 5) is 27.5. The van der Waals surface area contributed by atoms with Crippen LogP contribution in [0.2, 0.25) is 4.34 Å². The zero-order chi connectivity index (χ0) is 17.3. The first-order valence-corrected chi connectivity index (χ1v) is 8.71. The predicted octanol–water partition coefficient (Wildman–Crippen LogP) is 3.89. The van der Waals surface area contributed by atoms with Gasteiger partial charge in [0.15, 0.2) is 0 Å². The third kappa shape index (κ3) is 3.98. The van der Waals surface area contributed by atoms with E-state index in [2.05, 4.69) is 0 Å². The highest BCUT2D eigenvalue weighted by Gasteiger charge is 2.52. The van der Waals surface area contributed by atoms with E-state index in [1.54, 1.807) is 26.8 Å². The van der Waals surface area contributed by atoms with Crippen molar-refractivity contribution < 1.29 is 19.1 Å². The maximum absolute atomic E-state index is 12.6. The minimum absolute atomic E-state index is 0.385. The van der Waals surface area contributed by atoms with Crippen LogP contribution in [0.4, 0.5) is 4.79 Å². The maximum Gasteiger partial charge on any atom is 0.411 e. The molecule has 1 atom stereocenters. The first kappa shape index (κ1) is 18.1. The van der Waals surface area contributed by atoms with Crippen molar-refractivity contribution in [2.75, 3.05) is 13.7 Å². The molecule has 1 aliphatic rings. The van der Waals surface area contributed by atoms with E-state index in [9.17, 15) is 9.59 Å². The van der Waals surface area contributed by atoms with Crippen LogP contribution in [0.25, 0.3) is 0 Å². The molecule has 7 heteroatoms. The molecule has 0 bridgehead atoms. The lowest BCUT2D eigenvalue weighted by Gasteiger charge is -2.36. The van der Waals surface area contributed by atoms with Crippen LogP contribution in [-0.2, 0) is 20.7 Å². The summed E-state index contributed by atoms with van der Waals surface area (Å²) in [6, 6.07) is 3.67. The van der Waals surface area contributed by atoms with E-state index in [4.69, 9.17) is 21.1 Å². The summed E-state index contributed by atoms with van der Waals surface area (Å²) in [7, 11) is 1.34. The number of halogens is 1. The summed E-state index contributed by atoms with van der Waals surface area (Å²) in [5.41, 5.74) is -1.64. The van der Waals surface area contributed by atoms with Gasteiger partial charge in [0.1, 0.15) is 11.1 Å². The molecule has 0 N–H and O–H groups in total. The van der Waals surface area contributed by atoms with Crippen molar-refractivity contribution in [3.05, 3.63) is 21.3 Å². The number of carbonyl (C=O) groups excluding carboxylic acids is 2. The number of methoxy groups -OCH3 is 1. The first-order valence-electron chi connectivity index (χ1n) is 7.51. The van der Waals surface area contributed by atoms with Crippen molar-refractivity contribution in [2.24, 2.45) is 0 Å². The largest absolute Gasteiger partial charge is 0.467 e. The summed E-state index contributed by atoms with van der Waals surface area (Å²) in [5, 5.41) is 0. The number of thiophene rings is 1. The number of carbonyl (C=O) groups is 2. The zero-order valence-electron chi connectivity index (χ0n) is 13.8. The highest BCUT2D eigenvalue weighted by molar-refractivity contribution is 7.16. The van der Waals surface area contributed by atoms with Gasteiger partial charge in [-0.1, -0.05) is 11.6 Å². The monoisotopic (exact) mass is 359 g/mol. The van der Waals surface area contributed by atoms with E-state index in [0.717, 1.165) is 11.3 Å². The van der Waals surface area contributed by atoms with Crippen LogP contribution >= 0.6 is 22.9 Å². The van der Waals surface area contributed by atoms with Crippen LogP contribution in [0.5, 0.6) is 0 Å². The van der Waals surface area contributed by atoms with Gasteiger partial charge in [-0.05, 0) is 45.7 Å². The lowest BCUT2D eigenvalue weighted by Crippen LogP contribution is -2.56. The van der Waals surface area contributed by atoms with Gasteiger partial charge in [-0.15, -0.1) is 11.3 Å². The molecule has 0 saturated carbocycles. The van der Waals surface area contributed by atoms with Crippen molar-refractivity contribution in [3.8, 4) is 0 Å². The summed E-state index contributed by atoms with van der Waals surface area (Å²) < 4.78 is 11.1. The molecule has 1 amide bonds. The second kappa shape index (κ2) is 6.69. The molecule has 128 valence electrons. The Morgan fingerprint density at radius 2 is 2.09 bits per heavy atom. The van der Waals surface area contributed by atoms with Crippen molar-refractivity contribution >= 4 is 35.0 Å². The molecular weight excluding hydrogens is 338 g/mol. The van der Waals surface area contributed by atoms with E-state index in [-0.39, 0.29) is 0 Å². The second-order valence-corrected chi connectivity index (χ2v) is 8.44. The number of amides is 1. The van der Waals surface area contributed by atoms with Crippen LogP contribution in [0.15, 0.2) is 12.1 Å². The number of rotatable bonds is 3. The number of hydrogen-bond donors (Lipinski definition) is 0. The minimum Gasteiger partial charge on any atom is -0.467 e. The Morgan fingerprint density at radius 1 is 1.39 bits per heavy atom. The predicted molar refractivity (Wildman–Crippen MR) is 90.0 cm³/mol. The highest BCUT2D eigenvalue weighted by Crippen LogP contribution is 2.37. The fourth-order valence-corrected chi connectivity index (χ4v) is 4.05. The number of nitrogens with zero attached hydrogens (tertiary/aromatic N) is 1. The molecule has 1 unspecified atom stereocenters. The Balaban J connectivity index is 2.32. The van der Waals surface area contributed by atoms with Gasteiger partial charge in [0.25, 0.3) is 0 Å². The van der Waals surface area contributed by atoms with Gasteiger partial charge < -0.3 is 9.47 Å². The third-order valence-electron chi connectivity index (χ3n) is 3.76. The van der Waals surface area contributed by atoms with Gasteiger partial charge in [0.05, 0.1) is 11.4 Å². The normalized spacial score (nSPS) is 21.3. The molecule has 2 heterocycles. The average molecular weight is 360 g/mol. The fraction of sp³-hybridized carbons (Fsp3) is 0.625. The number of likely N-dealkylation sites (tertiary alicyclic amines) is 1. The molecule has 0 aromatic carbocycles. The summed E-state index contributed by atoms with van der Waals surface area (Å²) in [6.45, 7) is 5.89. The van der Waals surface area contributed by atoms with Crippen LogP contribution in [0.3, 0.4) is 0 Å². The standard InChI is InChI=1S/C16H22ClNO4S/c1-15(2,3)22-14(20)18-9-5-8-16(18,13(19)21-4)10-11-6-7-12(17)23-11/h6-7H,5,8-10H2,1-4H3.